The van der Waals surface area contributed by atoms with Gasteiger partial charge in [-0.3, -0.25) is 4.79 Å². The number of likely N-dealkylation sites (tertiary alicyclic amines) is 2. The van der Waals surface area contributed by atoms with E-state index in [1.54, 1.807) is 6.92 Å². The molecule has 2 aromatic rings. The van der Waals surface area contributed by atoms with E-state index in [1.165, 1.54) is 44.5 Å². The van der Waals surface area contributed by atoms with Gasteiger partial charge in [-0.2, -0.15) is 0 Å². The van der Waals surface area contributed by atoms with Crippen molar-refractivity contribution in [3.8, 4) is 10.6 Å². The van der Waals surface area contributed by atoms with E-state index in [4.69, 9.17) is 0 Å². The summed E-state index contributed by atoms with van der Waals surface area (Å²) in [6.45, 7) is 5.58. The van der Waals surface area contributed by atoms with Gasteiger partial charge in [-0.05, 0) is 57.8 Å². The Hall–Kier alpha value is -1.86. The highest BCUT2D eigenvalue weighted by atomic mass is 32.1. The van der Waals surface area contributed by atoms with Crippen molar-refractivity contribution in [2.75, 3.05) is 26.2 Å². The van der Waals surface area contributed by atoms with Crippen LogP contribution in [0.25, 0.3) is 10.6 Å². The predicted octanol–water partition coefficient (Wildman–Crippen LogP) is 4.49. The lowest BCUT2D eigenvalue weighted by Gasteiger charge is -2.40. The normalized spacial score (nSPS) is 19.2. The minimum absolute atomic E-state index is 0.0462. The standard InChI is InChI=1S/C21H25F2N3OS/c1-14-19(28-20(24-14)16-6-5-7-17(22)18(16)23)21(27)26-12-8-15(9-13-26)25-10-3-2-4-11-25/h5-7,15H,2-4,8-13H2,1H3. The third kappa shape index (κ3) is 3.82. The first-order valence-electron chi connectivity index (χ1n) is 9.99. The van der Waals surface area contributed by atoms with E-state index >= 15 is 0 Å². The molecule has 4 rings (SSSR count). The quantitative estimate of drug-likeness (QED) is 0.755. The second-order valence-corrected chi connectivity index (χ2v) is 8.65. The van der Waals surface area contributed by atoms with E-state index in [2.05, 4.69) is 9.88 Å². The molecule has 0 atom stereocenters. The predicted molar refractivity (Wildman–Crippen MR) is 107 cm³/mol. The summed E-state index contributed by atoms with van der Waals surface area (Å²) in [5.41, 5.74) is 0.683. The van der Waals surface area contributed by atoms with Crippen LogP contribution in [0.4, 0.5) is 8.78 Å². The average Bonchev–Trinajstić information content (AvgIpc) is 3.11. The van der Waals surface area contributed by atoms with Gasteiger partial charge < -0.3 is 9.80 Å². The summed E-state index contributed by atoms with van der Waals surface area (Å²) in [5.74, 6) is -1.87. The maximum atomic E-state index is 14.1. The van der Waals surface area contributed by atoms with Gasteiger partial charge in [0.1, 0.15) is 9.88 Å². The van der Waals surface area contributed by atoms with Crippen LogP contribution in [0.5, 0.6) is 0 Å². The van der Waals surface area contributed by atoms with Gasteiger partial charge in [-0.1, -0.05) is 12.5 Å². The maximum Gasteiger partial charge on any atom is 0.265 e. The minimum atomic E-state index is -0.919. The van der Waals surface area contributed by atoms with Crippen LogP contribution in [-0.4, -0.2) is 52.9 Å². The number of hydrogen-bond acceptors (Lipinski definition) is 4. The fourth-order valence-electron chi connectivity index (χ4n) is 4.24. The van der Waals surface area contributed by atoms with Crippen molar-refractivity contribution < 1.29 is 13.6 Å². The Labute approximate surface area is 168 Å². The lowest BCUT2D eigenvalue weighted by molar-refractivity contribution is 0.0593. The van der Waals surface area contributed by atoms with Crippen molar-refractivity contribution in [3.05, 3.63) is 40.4 Å². The summed E-state index contributed by atoms with van der Waals surface area (Å²) in [6.07, 6.45) is 5.87. The van der Waals surface area contributed by atoms with Gasteiger partial charge in [0, 0.05) is 24.7 Å². The molecular weight excluding hydrogens is 380 g/mol. The molecule has 2 saturated heterocycles. The zero-order chi connectivity index (χ0) is 19.7. The number of rotatable bonds is 3. The van der Waals surface area contributed by atoms with E-state index in [1.807, 2.05) is 4.90 Å². The highest BCUT2D eigenvalue weighted by molar-refractivity contribution is 7.17. The van der Waals surface area contributed by atoms with Gasteiger partial charge >= 0.3 is 0 Å². The largest absolute Gasteiger partial charge is 0.338 e. The molecule has 1 amide bonds. The average molecular weight is 406 g/mol. The second kappa shape index (κ2) is 8.25. The molecule has 3 heterocycles. The Bertz CT molecular complexity index is 855. The number of carbonyl (C=O) groups is 1. The van der Waals surface area contributed by atoms with Crippen molar-refractivity contribution in [3.63, 3.8) is 0 Å². The molecule has 2 aliphatic heterocycles. The molecule has 7 heteroatoms. The van der Waals surface area contributed by atoms with Crippen LogP contribution in [0.2, 0.25) is 0 Å². The van der Waals surface area contributed by atoms with E-state index in [9.17, 15) is 13.6 Å². The number of amides is 1. The lowest BCUT2D eigenvalue weighted by Crippen LogP contribution is -2.48. The number of thiazole rings is 1. The van der Waals surface area contributed by atoms with Crippen LogP contribution in [0.1, 0.15) is 47.5 Å². The number of aryl methyl sites for hydroxylation is 1. The van der Waals surface area contributed by atoms with Crippen molar-refractivity contribution in [2.45, 2.75) is 45.1 Å². The zero-order valence-corrected chi connectivity index (χ0v) is 16.9. The number of benzene rings is 1. The van der Waals surface area contributed by atoms with E-state index < -0.39 is 11.6 Å². The summed E-state index contributed by atoms with van der Waals surface area (Å²) in [5, 5.41) is 0.348. The topological polar surface area (TPSA) is 36.4 Å². The first-order chi connectivity index (χ1) is 13.5. The number of hydrogen-bond donors (Lipinski definition) is 0. The van der Waals surface area contributed by atoms with Gasteiger partial charge in [-0.15, -0.1) is 11.3 Å². The summed E-state index contributed by atoms with van der Waals surface area (Å²) in [6, 6.07) is 4.61. The van der Waals surface area contributed by atoms with Crippen LogP contribution in [-0.2, 0) is 0 Å². The van der Waals surface area contributed by atoms with Crippen LogP contribution < -0.4 is 0 Å². The van der Waals surface area contributed by atoms with E-state index in [-0.39, 0.29) is 11.5 Å². The molecule has 1 aromatic carbocycles. The molecule has 28 heavy (non-hydrogen) atoms. The molecule has 0 saturated carbocycles. The first-order valence-corrected chi connectivity index (χ1v) is 10.8. The molecule has 0 N–H and O–H groups in total. The van der Waals surface area contributed by atoms with Crippen LogP contribution in [0.3, 0.4) is 0 Å². The van der Waals surface area contributed by atoms with Crippen molar-refractivity contribution in [1.29, 1.82) is 0 Å². The van der Waals surface area contributed by atoms with E-state index in [0.717, 1.165) is 43.3 Å². The summed E-state index contributed by atoms with van der Waals surface area (Å²) in [7, 11) is 0. The van der Waals surface area contributed by atoms with Gasteiger partial charge in [0.05, 0.1) is 5.69 Å². The summed E-state index contributed by atoms with van der Waals surface area (Å²) >= 11 is 1.15. The van der Waals surface area contributed by atoms with Gasteiger partial charge in [-0.25, -0.2) is 13.8 Å². The number of aromatic nitrogens is 1. The van der Waals surface area contributed by atoms with Crippen molar-refractivity contribution in [1.82, 2.24) is 14.8 Å². The van der Waals surface area contributed by atoms with Crippen molar-refractivity contribution >= 4 is 17.2 Å². The van der Waals surface area contributed by atoms with Crippen LogP contribution in [0, 0.1) is 18.6 Å². The molecule has 150 valence electrons. The number of carbonyl (C=O) groups excluding carboxylic acids is 1. The second-order valence-electron chi connectivity index (χ2n) is 7.65. The van der Waals surface area contributed by atoms with Gasteiger partial charge in [0.2, 0.25) is 0 Å². The third-order valence-corrected chi connectivity index (χ3v) is 7.01. The minimum Gasteiger partial charge on any atom is -0.338 e. The monoisotopic (exact) mass is 405 g/mol. The van der Waals surface area contributed by atoms with Crippen molar-refractivity contribution in [2.24, 2.45) is 0 Å². The smallest absolute Gasteiger partial charge is 0.265 e. The highest BCUT2D eigenvalue weighted by Gasteiger charge is 2.30. The molecule has 2 fully saturated rings. The Morgan fingerprint density at radius 2 is 1.82 bits per heavy atom. The molecule has 1 aromatic heterocycles. The zero-order valence-electron chi connectivity index (χ0n) is 16.1. The van der Waals surface area contributed by atoms with Gasteiger partial charge in [0.15, 0.2) is 11.6 Å². The SMILES string of the molecule is Cc1nc(-c2cccc(F)c2F)sc1C(=O)N1CCC(N2CCCCC2)CC1. The molecule has 2 aliphatic rings. The highest BCUT2D eigenvalue weighted by Crippen LogP contribution is 2.32. The first kappa shape index (κ1) is 19.5. The molecule has 0 aliphatic carbocycles. The molecule has 0 radical (unpaired) electrons. The molecule has 4 nitrogen and oxygen atoms in total. The van der Waals surface area contributed by atoms with Crippen LogP contribution >= 0.6 is 11.3 Å². The summed E-state index contributed by atoms with van der Waals surface area (Å²) < 4.78 is 27.6. The Morgan fingerprint density at radius 3 is 2.54 bits per heavy atom. The fraction of sp³-hybridized carbons (Fsp3) is 0.524. The number of halogens is 2. The fourth-order valence-corrected chi connectivity index (χ4v) is 5.29. The Balaban J connectivity index is 1.46. The lowest BCUT2D eigenvalue weighted by atomic mass is 10.00. The number of nitrogens with zero attached hydrogens (tertiary/aromatic N) is 3. The molecule has 0 bridgehead atoms. The third-order valence-electron chi connectivity index (χ3n) is 5.83. The maximum absolute atomic E-state index is 14.1. The summed E-state index contributed by atoms with van der Waals surface area (Å²) in [4.78, 5) is 22.3. The molecule has 0 unspecified atom stereocenters. The van der Waals surface area contributed by atoms with Crippen LogP contribution in [0.15, 0.2) is 18.2 Å². The Morgan fingerprint density at radius 1 is 1.11 bits per heavy atom. The van der Waals surface area contributed by atoms with E-state index in [0.29, 0.717) is 21.6 Å². The van der Waals surface area contributed by atoms with Gasteiger partial charge in [0.25, 0.3) is 5.91 Å². The molecular formula is C21H25F2N3OS. The molecule has 0 spiro atoms. The Kier molecular flexibility index (Phi) is 5.73. The number of piperidine rings is 2.